The standard InChI is InChI=1S/C10H9BrN2/c11-9-3-1-4-10(8(9)7-12)13-5-2-6-13/h1,3-4H,2,5-6H2. The van der Waals surface area contributed by atoms with Gasteiger partial charge in [-0.2, -0.15) is 5.26 Å². The van der Waals surface area contributed by atoms with Gasteiger partial charge in [-0.25, -0.2) is 0 Å². The Morgan fingerprint density at radius 2 is 2.15 bits per heavy atom. The summed E-state index contributed by atoms with van der Waals surface area (Å²) in [5, 5.41) is 8.96. The first-order valence-electron chi connectivity index (χ1n) is 4.26. The van der Waals surface area contributed by atoms with Gasteiger partial charge in [-0.15, -0.1) is 0 Å². The van der Waals surface area contributed by atoms with E-state index in [1.54, 1.807) is 0 Å². The molecule has 2 rings (SSSR count). The van der Waals surface area contributed by atoms with Crippen LogP contribution in [0.3, 0.4) is 0 Å². The van der Waals surface area contributed by atoms with Crippen molar-refractivity contribution >= 4 is 21.6 Å². The summed E-state index contributed by atoms with van der Waals surface area (Å²) in [7, 11) is 0. The molecule has 1 heterocycles. The Morgan fingerprint density at radius 3 is 2.69 bits per heavy atom. The molecule has 0 aliphatic carbocycles. The van der Waals surface area contributed by atoms with Gasteiger partial charge < -0.3 is 4.90 Å². The first-order chi connectivity index (χ1) is 6.33. The zero-order valence-electron chi connectivity index (χ0n) is 7.13. The summed E-state index contributed by atoms with van der Waals surface area (Å²) in [6.45, 7) is 2.15. The summed E-state index contributed by atoms with van der Waals surface area (Å²) in [6.07, 6.45) is 1.23. The minimum Gasteiger partial charge on any atom is -0.370 e. The summed E-state index contributed by atoms with van der Waals surface area (Å²) in [6, 6.07) is 8.10. The average Bonchev–Trinajstić information content (AvgIpc) is 2.01. The van der Waals surface area contributed by atoms with Crippen LogP contribution in [0.15, 0.2) is 22.7 Å². The third-order valence-electron chi connectivity index (χ3n) is 2.30. The molecule has 0 amide bonds. The lowest BCUT2D eigenvalue weighted by atomic mass is 10.1. The van der Waals surface area contributed by atoms with Gasteiger partial charge >= 0.3 is 0 Å². The monoisotopic (exact) mass is 236 g/mol. The van der Waals surface area contributed by atoms with Gasteiger partial charge in [0, 0.05) is 17.6 Å². The van der Waals surface area contributed by atoms with Gasteiger partial charge in [0.15, 0.2) is 0 Å². The van der Waals surface area contributed by atoms with Gasteiger partial charge in [0.05, 0.1) is 11.3 Å². The molecule has 13 heavy (non-hydrogen) atoms. The highest BCUT2D eigenvalue weighted by Gasteiger charge is 2.18. The van der Waals surface area contributed by atoms with Crippen LogP contribution in [0.2, 0.25) is 0 Å². The Kier molecular flexibility index (Phi) is 2.24. The van der Waals surface area contributed by atoms with Crippen LogP contribution >= 0.6 is 15.9 Å². The molecule has 0 aromatic heterocycles. The maximum atomic E-state index is 8.96. The molecule has 0 spiro atoms. The van der Waals surface area contributed by atoms with Crippen LogP contribution < -0.4 is 4.90 Å². The SMILES string of the molecule is N#Cc1c(Br)cccc1N1CCC1. The molecule has 1 aliphatic rings. The Labute approximate surface area is 85.9 Å². The molecule has 1 aromatic rings. The van der Waals surface area contributed by atoms with Gasteiger partial charge in [0.25, 0.3) is 0 Å². The van der Waals surface area contributed by atoms with Gasteiger partial charge in [0.1, 0.15) is 6.07 Å². The molecule has 3 heteroatoms. The topological polar surface area (TPSA) is 27.0 Å². The second kappa shape index (κ2) is 3.39. The van der Waals surface area contributed by atoms with Crippen molar-refractivity contribution in [3.05, 3.63) is 28.2 Å². The Morgan fingerprint density at radius 1 is 1.38 bits per heavy atom. The van der Waals surface area contributed by atoms with Crippen molar-refractivity contribution in [2.24, 2.45) is 0 Å². The van der Waals surface area contributed by atoms with Gasteiger partial charge in [-0.05, 0) is 34.5 Å². The first kappa shape index (κ1) is 8.58. The van der Waals surface area contributed by atoms with E-state index < -0.39 is 0 Å². The molecule has 1 aliphatic heterocycles. The van der Waals surface area contributed by atoms with Crippen LogP contribution in [0.25, 0.3) is 0 Å². The minimum atomic E-state index is 0.752. The molecule has 0 radical (unpaired) electrons. The zero-order chi connectivity index (χ0) is 9.26. The molecule has 66 valence electrons. The van der Waals surface area contributed by atoms with Crippen molar-refractivity contribution in [1.82, 2.24) is 0 Å². The lowest BCUT2D eigenvalue weighted by Crippen LogP contribution is -2.37. The summed E-state index contributed by atoms with van der Waals surface area (Å²) in [5.41, 5.74) is 1.81. The summed E-state index contributed by atoms with van der Waals surface area (Å²) in [5.74, 6) is 0. The van der Waals surface area contributed by atoms with Gasteiger partial charge in [-0.1, -0.05) is 6.07 Å². The molecule has 0 bridgehead atoms. The average molecular weight is 237 g/mol. The normalized spacial score (nSPS) is 14.9. The maximum Gasteiger partial charge on any atom is 0.103 e. The fourth-order valence-corrected chi connectivity index (χ4v) is 1.89. The van der Waals surface area contributed by atoms with E-state index in [0.29, 0.717) is 0 Å². The van der Waals surface area contributed by atoms with Crippen molar-refractivity contribution in [3.63, 3.8) is 0 Å². The number of halogens is 1. The molecule has 0 unspecified atom stereocenters. The van der Waals surface area contributed by atoms with E-state index >= 15 is 0 Å². The van der Waals surface area contributed by atoms with Gasteiger partial charge in [0.2, 0.25) is 0 Å². The molecule has 2 nitrogen and oxygen atoms in total. The highest BCUT2D eigenvalue weighted by molar-refractivity contribution is 9.10. The number of anilines is 1. The van der Waals surface area contributed by atoms with Crippen LogP contribution in [-0.4, -0.2) is 13.1 Å². The largest absolute Gasteiger partial charge is 0.370 e. The molecule has 1 aromatic carbocycles. The van der Waals surface area contributed by atoms with E-state index in [0.717, 1.165) is 28.8 Å². The third-order valence-corrected chi connectivity index (χ3v) is 2.96. The van der Waals surface area contributed by atoms with E-state index in [4.69, 9.17) is 5.26 Å². The second-order valence-corrected chi connectivity index (χ2v) is 3.94. The number of benzene rings is 1. The smallest absolute Gasteiger partial charge is 0.103 e. The highest BCUT2D eigenvalue weighted by atomic mass is 79.9. The molecular formula is C10H9BrN2. The van der Waals surface area contributed by atoms with Crippen molar-refractivity contribution in [3.8, 4) is 6.07 Å². The first-order valence-corrected chi connectivity index (χ1v) is 5.06. The van der Waals surface area contributed by atoms with Crippen LogP contribution in [0.5, 0.6) is 0 Å². The zero-order valence-corrected chi connectivity index (χ0v) is 8.71. The number of hydrogen-bond donors (Lipinski definition) is 0. The number of hydrogen-bond acceptors (Lipinski definition) is 2. The van der Waals surface area contributed by atoms with Crippen LogP contribution in [0, 0.1) is 11.3 Å². The Bertz CT molecular complexity index is 364. The highest BCUT2D eigenvalue weighted by Crippen LogP contribution is 2.29. The van der Waals surface area contributed by atoms with E-state index in [-0.39, 0.29) is 0 Å². The quantitative estimate of drug-likeness (QED) is 0.750. The van der Waals surface area contributed by atoms with Crippen LogP contribution in [-0.2, 0) is 0 Å². The molecule has 1 saturated heterocycles. The van der Waals surface area contributed by atoms with Crippen LogP contribution in [0.4, 0.5) is 5.69 Å². The van der Waals surface area contributed by atoms with Crippen molar-refractivity contribution < 1.29 is 0 Å². The number of rotatable bonds is 1. The number of nitriles is 1. The Balaban J connectivity index is 2.44. The van der Waals surface area contributed by atoms with Crippen molar-refractivity contribution in [2.45, 2.75) is 6.42 Å². The minimum absolute atomic E-state index is 0.752. The molecule has 0 N–H and O–H groups in total. The molecule has 0 saturated carbocycles. The summed E-state index contributed by atoms with van der Waals surface area (Å²) < 4.78 is 0.888. The number of nitrogens with zero attached hydrogens (tertiary/aromatic N) is 2. The molecular weight excluding hydrogens is 228 g/mol. The van der Waals surface area contributed by atoms with E-state index in [1.807, 2.05) is 18.2 Å². The van der Waals surface area contributed by atoms with E-state index in [1.165, 1.54) is 6.42 Å². The maximum absolute atomic E-state index is 8.96. The molecule has 0 atom stereocenters. The fourth-order valence-electron chi connectivity index (χ4n) is 1.44. The Hall–Kier alpha value is -1.01. The van der Waals surface area contributed by atoms with Gasteiger partial charge in [-0.3, -0.25) is 0 Å². The summed E-state index contributed by atoms with van der Waals surface area (Å²) >= 11 is 3.38. The predicted molar refractivity (Wildman–Crippen MR) is 55.7 cm³/mol. The predicted octanol–water partition coefficient (Wildman–Crippen LogP) is 2.53. The lowest BCUT2D eigenvalue weighted by molar-refractivity contribution is 0.617. The fraction of sp³-hybridized carbons (Fsp3) is 0.300. The third kappa shape index (κ3) is 1.42. The van der Waals surface area contributed by atoms with E-state index in [9.17, 15) is 0 Å². The van der Waals surface area contributed by atoms with Crippen molar-refractivity contribution in [1.29, 1.82) is 5.26 Å². The lowest BCUT2D eigenvalue weighted by Gasteiger charge is -2.33. The van der Waals surface area contributed by atoms with Crippen molar-refractivity contribution in [2.75, 3.05) is 18.0 Å². The summed E-state index contributed by atoms with van der Waals surface area (Å²) in [4.78, 5) is 2.23. The van der Waals surface area contributed by atoms with E-state index in [2.05, 4.69) is 26.9 Å². The van der Waals surface area contributed by atoms with Crippen LogP contribution in [0.1, 0.15) is 12.0 Å². The second-order valence-electron chi connectivity index (χ2n) is 3.09. The molecule has 1 fully saturated rings.